The molecule has 0 aliphatic heterocycles. The predicted octanol–water partition coefficient (Wildman–Crippen LogP) is 1.41. The fourth-order valence-corrected chi connectivity index (χ4v) is 1.07. The molecule has 0 heterocycles. The van der Waals surface area contributed by atoms with E-state index < -0.39 is 5.54 Å². The summed E-state index contributed by atoms with van der Waals surface area (Å²) in [6, 6.07) is 6.76. The smallest absolute Gasteiger partial charge is 0.252 e. The molecule has 3 heteroatoms. The van der Waals surface area contributed by atoms with Crippen LogP contribution < -0.4 is 11.1 Å². The number of nitrogens with one attached hydrogen (secondary N) is 1. The van der Waals surface area contributed by atoms with Gasteiger partial charge in [0.2, 0.25) is 0 Å². The van der Waals surface area contributed by atoms with Crippen LogP contribution in [0.3, 0.4) is 0 Å². The van der Waals surface area contributed by atoms with Gasteiger partial charge in [-0.05, 0) is 32.0 Å². The normalized spacial score (nSPS) is 10.5. The third kappa shape index (κ3) is 3.03. The van der Waals surface area contributed by atoms with Crippen LogP contribution >= 0.6 is 0 Å². The number of nitrogen functional groups attached to an aromatic ring is 1. The minimum absolute atomic E-state index is 0.217. The third-order valence-electron chi connectivity index (χ3n) is 1.94. The zero-order valence-corrected chi connectivity index (χ0v) is 8.87. The van der Waals surface area contributed by atoms with Crippen molar-refractivity contribution in [3.05, 3.63) is 29.8 Å². The van der Waals surface area contributed by atoms with E-state index in [1.165, 1.54) is 0 Å². The molecule has 0 aromatic heterocycles. The molecule has 0 fully saturated rings. The van der Waals surface area contributed by atoms with Crippen molar-refractivity contribution in [3.8, 4) is 12.3 Å². The second-order valence-electron chi connectivity index (χ2n) is 3.85. The van der Waals surface area contributed by atoms with Crippen LogP contribution in [0.4, 0.5) is 5.69 Å². The lowest BCUT2D eigenvalue weighted by molar-refractivity contribution is 0.0930. The number of hydrogen-bond donors (Lipinski definition) is 2. The maximum Gasteiger partial charge on any atom is 0.252 e. The van der Waals surface area contributed by atoms with Gasteiger partial charge in [-0.25, -0.2) is 0 Å². The first-order valence-corrected chi connectivity index (χ1v) is 4.60. The molecule has 1 aromatic carbocycles. The first kappa shape index (κ1) is 11.1. The van der Waals surface area contributed by atoms with Gasteiger partial charge in [-0.15, -0.1) is 6.42 Å². The molecule has 0 radical (unpaired) electrons. The summed E-state index contributed by atoms with van der Waals surface area (Å²) >= 11 is 0. The Hall–Kier alpha value is -1.95. The minimum atomic E-state index is -0.651. The zero-order chi connectivity index (χ0) is 11.5. The van der Waals surface area contributed by atoms with Gasteiger partial charge in [0.15, 0.2) is 0 Å². The van der Waals surface area contributed by atoms with Crippen molar-refractivity contribution < 1.29 is 4.79 Å². The summed E-state index contributed by atoms with van der Waals surface area (Å²) < 4.78 is 0. The largest absolute Gasteiger partial charge is 0.399 e. The van der Waals surface area contributed by atoms with Crippen molar-refractivity contribution >= 4 is 11.6 Å². The van der Waals surface area contributed by atoms with Crippen molar-refractivity contribution in [2.45, 2.75) is 19.4 Å². The number of anilines is 1. The number of benzene rings is 1. The standard InChI is InChI=1S/C12H14N2O/c1-4-12(2,3)14-11(15)9-6-5-7-10(13)8-9/h1,5-8H,13H2,2-3H3,(H,14,15). The van der Waals surface area contributed by atoms with Crippen molar-refractivity contribution in [2.24, 2.45) is 0 Å². The van der Waals surface area contributed by atoms with Gasteiger partial charge in [0, 0.05) is 11.3 Å². The molecule has 15 heavy (non-hydrogen) atoms. The summed E-state index contributed by atoms with van der Waals surface area (Å²) in [5, 5.41) is 2.72. The maximum atomic E-state index is 11.7. The van der Waals surface area contributed by atoms with Crippen LogP contribution in [0.5, 0.6) is 0 Å². The summed E-state index contributed by atoms with van der Waals surface area (Å²) in [5.41, 5.74) is 5.99. The lowest BCUT2D eigenvalue weighted by Gasteiger charge is -2.19. The van der Waals surface area contributed by atoms with Crippen LogP contribution in [0.15, 0.2) is 24.3 Å². The molecule has 78 valence electrons. The third-order valence-corrected chi connectivity index (χ3v) is 1.94. The number of rotatable bonds is 2. The lowest BCUT2D eigenvalue weighted by atomic mass is 10.1. The Labute approximate surface area is 89.7 Å². The van der Waals surface area contributed by atoms with Crippen molar-refractivity contribution in [2.75, 3.05) is 5.73 Å². The van der Waals surface area contributed by atoms with Crippen LogP contribution in [0.1, 0.15) is 24.2 Å². The first-order valence-electron chi connectivity index (χ1n) is 4.60. The van der Waals surface area contributed by atoms with Crippen molar-refractivity contribution in [1.82, 2.24) is 5.32 Å². The Kier molecular flexibility index (Phi) is 3.01. The summed E-state index contributed by atoms with van der Waals surface area (Å²) in [6.07, 6.45) is 5.27. The Balaban J connectivity index is 2.84. The summed E-state index contributed by atoms with van der Waals surface area (Å²) in [5.74, 6) is 2.28. The van der Waals surface area contributed by atoms with E-state index in [1.807, 2.05) is 0 Å². The molecule has 0 atom stereocenters. The number of carbonyl (C=O) groups is 1. The molecule has 0 bridgehead atoms. The van der Waals surface area contributed by atoms with E-state index in [0.29, 0.717) is 11.3 Å². The van der Waals surface area contributed by atoms with Crippen LogP contribution in [0, 0.1) is 12.3 Å². The molecule has 3 nitrogen and oxygen atoms in total. The molecular formula is C12H14N2O. The van der Waals surface area contributed by atoms with Crippen LogP contribution in [0.2, 0.25) is 0 Å². The average molecular weight is 202 g/mol. The number of nitrogens with two attached hydrogens (primary N) is 1. The molecular weight excluding hydrogens is 188 g/mol. The lowest BCUT2D eigenvalue weighted by Crippen LogP contribution is -2.42. The molecule has 0 spiro atoms. The first-order chi connectivity index (χ1) is 6.94. The number of terminal acetylenes is 1. The van der Waals surface area contributed by atoms with Crippen LogP contribution in [0.25, 0.3) is 0 Å². The van der Waals surface area contributed by atoms with Crippen molar-refractivity contribution in [1.29, 1.82) is 0 Å². The van der Waals surface area contributed by atoms with Gasteiger partial charge in [0.25, 0.3) is 5.91 Å². The molecule has 0 saturated carbocycles. The Morgan fingerprint density at radius 1 is 1.53 bits per heavy atom. The molecule has 1 amide bonds. The molecule has 0 aliphatic carbocycles. The highest BCUT2D eigenvalue weighted by Crippen LogP contribution is 2.08. The SMILES string of the molecule is C#CC(C)(C)NC(=O)c1cccc(N)c1. The van der Waals surface area contributed by atoms with Crippen molar-refractivity contribution in [3.63, 3.8) is 0 Å². The highest BCUT2D eigenvalue weighted by atomic mass is 16.1. The van der Waals surface area contributed by atoms with E-state index in [1.54, 1.807) is 38.1 Å². The topological polar surface area (TPSA) is 55.1 Å². The number of carbonyl (C=O) groups excluding carboxylic acids is 1. The molecule has 0 unspecified atom stereocenters. The van der Waals surface area contributed by atoms with Gasteiger partial charge in [0.05, 0.1) is 5.54 Å². The van der Waals surface area contributed by atoms with Gasteiger partial charge in [-0.3, -0.25) is 4.79 Å². The fraction of sp³-hybridized carbons (Fsp3) is 0.250. The summed E-state index contributed by atoms with van der Waals surface area (Å²) in [4.78, 5) is 11.7. The maximum absolute atomic E-state index is 11.7. The fourth-order valence-electron chi connectivity index (χ4n) is 1.07. The van der Waals surface area contributed by atoms with E-state index in [0.717, 1.165) is 0 Å². The average Bonchev–Trinajstić information content (AvgIpc) is 2.17. The van der Waals surface area contributed by atoms with Crippen LogP contribution in [-0.2, 0) is 0 Å². The Bertz CT molecular complexity index is 416. The molecule has 0 aliphatic rings. The second-order valence-corrected chi connectivity index (χ2v) is 3.85. The zero-order valence-electron chi connectivity index (χ0n) is 8.87. The van der Waals surface area contributed by atoms with E-state index in [-0.39, 0.29) is 5.91 Å². The van der Waals surface area contributed by atoms with Crippen LogP contribution in [-0.4, -0.2) is 11.4 Å². The molecule has 1 aromatic rings. The Morgan fingerprint density at radius 3 is 2.73 bits per heavy atom. The quantitative estimate of drug-likeness (QED) is 0.562. The van der Waals surface area contributed by atoms with Gasteiger partial charge in [0.1, 0.15) is 0 Å². The molecule has 1 rings (SSSR count). The van der Waals surface area contributed by atoms with Gasteiger partial charge >= 0.3 is 0 Å². The van der Waals surface area contributed by atoms with Gasteiger partial charge < -0.3 is 11.1 Å². The highest BCUT2D eigenvalue weighted by molar-refractivity contribution is 5.95. The Morgan fingerprint density at radius 2 is 2.20 bits per heavy atom. The highest BCUT2D eigenvalue weighted by Gasteiger charge is 2.17. The summed E-state index contributed by atoms with van der Waals surface area (Å²) in [7, 11) is 0. The van der Waals surface area contributed by atoms with E-state index in [9.17, 15) is 4.79 Å². The second kappa shape index (κ2) is 4.05. The van der Waals surface area contributed by atoms with E-state index >= 15 is 0 Å². The monoisotopic (exact) mass is 202 g/mol. The van der Waals surface area contributed by atoms with E-state index in [2.05, 4.69) is 11.2 Å². The molecule has 3 N–H and O–H groups in total. The van der Waals surface area contributed by atoms with E-state index in [4.69, 9.17) is 12.2 Å². The van der Waals surface area contributed by atoms with Gasteiger partial charge in [-0.1, -0.05) is 12.0 Å². The minimum Gasteiger partial charge on any atom is -0.399 e. The van der Waals surface area contributed by atoms with Gasteiger partial charge in [-0.2, -0.15) is 0 Å². The number of hydrogen-bond acceptors (Lipinski definition) is 2. The number of amides is 1. The summed E-state index contributed by atoms with van der Waals surface area (Å²) in [6.45, 7) is 3.52. The predicted molar refractivity (Wildman–Crippen MR) is 61.2 cm³/mol. The molecule has 0 saturated heterocycles.